The minimum Gasteiger partial charge on any atom is -0.379 e. The Hall–Kier alpha value is -1.36. The number of nitrogens with zero attached hydrogens (tertiary/aromatic N) is 1. The van der Waals surface area contributed by atoms with Crippen molar-refractivity contribution in [3.63, 3.8) is 0 Å². The fourth-order valence-corrected chi connectivity index (χ4v) is 1.15. The van der Waals surface area contributed by atoms with Gasteiger partial charge in [0.05, 0.1) is 5.60 Å². The van der Waals surface area contributed by atoms with Crippen LogP contribution < -0.4 is 11.2 Å². The Morgan fingerprint density at radius 1 is 1.47 bits per heavy atom. The van der Waals surface area contributed by atoms with Crippen molar-refractivity contribution < 1.29 is 4.74 Å². The number of ether oxygens (including phenoxy) is 1. The Kier molecular flexibility index (Phi) is 3.47. The molecule has 0 saturated carbocycles. The molecule has 84 valence electrons. The lowest BCUT2D eigenvalue weighted by atomic mass is 10.1. The van der Waals surface area contributed by atoms with Gasteiger partial charge in [0.15, 0.2) is 0 Å². The lowest BCUT2D eigenvalue weighted by Gasteiger charge is -2.22. The van der Waals surface area contributed by atoms with E-state index in [0.717, 1.165) is 0 Å². The summed E-state index contributed by atoms with van der Waals surface area (Å²) in [6, 6.07) is 1.33. The van der Waals surface area contributed by atoms with Crippen molar-refractivity contribution in [2.24, 2.45) is 0 Å². The zero-order valence-electron chi connectivity index (χ0n) is 9.24. The highest BCUT2D eigenvalue weighted by Gasteiger charge is 2.16. The van der Waals surface area contributed by atoms with Crippen molar-refractivity contribution in [1.82, 2.24) is 9.55 Å². The van der Waals surface area contributed by atoms with Crippen molar-refractivity contribution >= 4 is 0 Å². The molecule has 1 aromatic heterocycles. The van der Waals surface area contributed by atoms with Crippen LogP contribution in [0.4, 0.5) is 0 Å². The summed E-state index contributed by atoms with van der Waals surface area (Å²) in [6.07, 6.45) is 1.96. The highest BCUT2D eigenvalue weighted by molar-refractivity contribution is 4.83. The SMILES string of the molecule is COC(C)(C)CCn1c(=O)cc[nH]c1=O. The molecular weight excluding hydrogens is 196 g/mol. The van der Waals surface area contributed by atoms with Crippen LogP contribution >= 0.6 is 0 Å². The van der Waals surface area contributed by atoms with Gasteiger partial charge in [0.2, 0.25) is 0 Å². The number of H-pyrrole nitrogens is 1. The van der Waals surface area contributed by atoms with Gasteiger partial charge >= 0.3 is 5.69 Å². The molecular formula is C10H16N2O3. The average Bonchev–Trinajstić information content (AvgIpc) is 2.17. The molecule has 0 bridgehead atoms. The minimum atomic E-state index is -0.380. The van der Waals surface area contributed by atoms with Gasteiger partial charge < -0.3 is 9.72 Å². The Labute approximate surface area is 87.7 Å². The summed E-state index contributed by atoms with van der Waals surface area (Å²) in [6.45, 7) is 4.18. The molecule has 0 radical (unpaired) electrons. The molecule has 1 aromatic rings. The quantitative estimate of drug-likeness (QED) is 0.783. The predicted molar refractivity (Wildman–Crippen MR) is 57.0 cm³/mol. The maximum Gasteiger partial charge on any atom is 0.328 e. The molecule has 0 fully saturated rings. The van der Waals surface area contributed by atoms with Crippen molar-refractivity contribution in [3.8, 4) is 0 Å². The molecule has 1 N–H and O–H groups in total. The Balaban J connectivity index is 2.83. The molecule has 15 heavy (non-hydrogen) atoms. The zero-order valence-corrected chi connectivity index (χ0v) is 9.24. The molecule has 0 spiro atoms. The molecule has 0 aliphatic rings. The van der Waals surface area contributed by atoms with E-state index in [1.807, 2.05) is 13.8 Å². The van der Waals surface area contributed by atoms with E-state index in [4.69, 9.17) is 4.74 Å². The fraction of sp³-hybridized carbons (Fsp3) is 0.600. The van der Waals surface area contributed by atoms with Gasteiger partial charge in [-0.1, -0.05) is 0 Å². The minimum absolute atomic E-state index is 0.286. The van der Waals surface area contributed by atoms with Crippen molar-refractivity contribution in [2.75, 3.05) is 7.11 Å². The second-order valence-electron chi connectivity index (χ2n) is 3.99. The number of hydrogen-bond acceptors (Lipinski definition) is 3. The number of aromatic nitrogens is 2. The molecule has 0 aliphatic heterocycles. The molecule has 0 amide bonds. The highest BCUT2D eigenvalue weighted by Crippen LogP contribution is 2.12. The van der Waals surface area contributed by atoms with Crippen LogP contribution in [0.1, 0.15) is 20.3 Å². The summed E-state index contributed by atoms with van der Waals surface area (Å²) in [5.41, 5.74) is -0.998. The molecule has 5 heteroatoms. The summed E-state index contributed by atoms with van der Waals surface area (Å²) >= 11 is 0. The van der Waals surface area contributed by atoms with Crippen LogP contribution in [0.15, 0.2) is 21.9 Å². The highest BCUT2D eigenvalue weighted by atomic mass is 16.5. The summed E-state index contributed by atoms with van der Waals surface area (Å²) in [4.78, 5) is 25.1. The third-order valence-corrected chi connectivity index (χ3v) is 2.43. The molecule has 5 nitrogen and oxygen atoms in total. The molecule has 1 rings (SSSR count). The first-order valence-electron chi connectivity index (χ1n) is 4.80. The van der Waals surface area contributed by atoms with E-state index < -0.39 is 0 Å². The monoisotopic (exact) mass is 212 g/mol. The normalized spacial score (nSPS) is 11.7. The van der Waals surface area contributed by atoms with Gasteiger partial charge in [-0.3, -0.25) is 9.36 Å². The first-order chi connectivity index (χ1) is 6.96. The number of aromatic amines is 1. The van der Waals surface area contributed by atoms with Crippen LogP contribution in [0.2, 0.25) is 0 Å². The molecule has 0 unspecified atom stereocenters. The van der Waals surface area contributed by atoms with E-state index in [-0.39, 0.29) is 16.9 Å². The second-order valence-corrected chi connectivity index (χ2v) is 3.99. The Morgan fingerprint density at radius 2 is 2.13 bits per heavy atom. The molecule has 0 saturated heterocycles. The van der Waals surface area contributed by atoms with Gasteiger partial charge in [0, 0.05) is 25.9 Å². The van der Waals surface area contributed by atoms with Crippen LogP contribution in [0.25, 0.3) is 0 Å². The lowest BCUT2D eigenvalue weighted by molar-refractivity contribution is 0.0116. The second kappa shape index (κ2) is 4.44. The first kappa shape index (κ1) is 11.7. The Morgan fingerprint density at radius 3 is 2.67 bits per heavy atom. The number of methoxy groups -OCH3 is 1. The van der Waals surface area contributed by atoms with Gasteiger partial charge in [-0.2, -0.15) is 0 Å². The van der Waals surface area contributed by atoms with E-state index >= 15 is 0 Å². The van der Waals surface area contributed by atoms with Crippen LogP contribution in [0.5, 0.6) is 0 Å². The van der Waals surface area contributed by atoms with E-state index in [0.29, 0.717) is 13.0 Å². The van der Waals surface area contributed by atoms with Crippen LogP contribution in [-0.2, 0) is 11.3 Å². The van der Waals surface area contributed by atoms with E-state index in [1.54, 1.807) is 7.11 Å². The number of nitrogens with one attached hydrogen (secondary N) is 1. The molecule has 1 heterocycles. The first-order valence-corrected chi connectivity index (χ1v) is 4.80. The fourth-order valence-electron chi connectivity index (χ4n) is 1.15. The zero-order chi connectivity index (χ0) is 11.5. The van der Waals surface area contributed by atoms with Gasteiger partial charge in [0.25, 0.3) is 5.56 Å². The largest absolute Gasteiger partial charge is 0.379 e. The van der Waals surface area contributed by atoms with E-state index in [1.165, 1.54) is 16.8 Å². The Bertz CT molecular complexity index is 403. The van der Waals surface area contributed by atoms with Crippen molar-refractivity contribution in [3.05, 3.63) is 33.1 Å². The van der Waals surface area contributed by atoms with Gasteiger partial charge in [-0.15, -0.1) is 0 Å². The maximum atomic E-state index is 11.3. The van der Waals surface area contributed by atoms with Crippen LogP contribution in [-0.4, -0.2) is 22.3 Å². The topological polar surface area (TPSA) is 64.1 Å². The van der Waals surface area contributed by atoms with Crippen molar-refractivity contribution in [1.29, 1.82) is 0 Å². The third kappa shape index (κ3) is 3.06. The van der Waals surface area contributed by atoms with E-state index in [2.05, 4.69) is 4.98 Å². The lowest BCUT2D eigenvalue weighted by Crippen LogP contribution is -2.36. The smallest absolute Gasteiger partial charge is 0.328 e. The predicted octanol–water partition coefficient (Wildman–Crippen LogP) is 0.352. The summed E-state index contributed by atoms with van der Waals surface area (Å²) in [5.74, 6) is 0. The summed E-state index contributed by atoms with van der Waals surface area (Å²) in [5, 5.41) is 0. The van der Waals surface area contributed by atoms with Gasteiger partial charge in [-0.25, -0.2) is 4.79 Å². The molecule has 0 aliphatic carbocycles. The summed E-state index contributed by atoms with van der Waals surface area (Å²) in [7, 11) is 1.61. The average molecular weight is 212 g/mol. The van der Waals surface area contributed by atoms with Gasteiger partial charge in [0.1, 0.15) is 0 Å². The van der Waals surface area contributed by atoms with Crippen LogP contribution in [0, 0.1) is 0 Å². The molecule has 0 aromatic carbocycles. The van der Waals surface area contributed by atoms with E-state index in [9.17, 15) is 9.59 Å². The number of rotatable bonds is 4. The third-order valence-electron chi connectivity index (χ3n) is 2.43. The number of hydrogen-bond donors (Lipinski definition) is 1. The molecule has 0 atom stereocenters. The van der Waals surface area contributed by atoms with Gasteiger partial charge in [-0.05, 0) is 20.3 Å². The summed E-state index contributed by atoms with van der Waals surface area (Å²) < 4.78 is 6.38. The standard InChI is InChI=1S/C10H16N2O3/c1-10(2,15-3)5-7-12-8(13)4-6-11-9(12)14/h4,6H,5,7H2,1-3H3,(H,11,14). The van der Waals surface area contributed by atoms with Crippen molar-refractivity contribution in [2.45, 2.75) is 32.4 Å². The van der Waals surface area contributed by atoms with Crippen LogP contribution in [0.3, 0.4) is 0 Å². The maximum absolute atomic E-state index is 11.3.